The highest BCUT2D eigenvalue weighted by Crippen LogP contribution is 2.22. The van der Waals surface area contributed by atoms with Crippen LogP contribution >= 0.6 is 11.6 Å². The Kier molecular flexibility index (Phi) is 4.80. The van der Waals surface area contributed by atoms with Gasteiger partial charge < -0.3 is 0 Å². The van der Waals surface area contributed by atoms with Crippen LogP contribution in [0.3, 0.4) is 0 Å². The number of nitro benzene ring substituents is 1. The standard InChI is InChI=1S/C14H9ClFN3O3/c15-13-7-11(19(21)22)4-5-12(13)14(20)18-17-8-9-2-1-3-10(16)6-9/h1-8H,(H,18,20)/b17-8+. The SMILES string of the molecule is O=C(N/N=C/c1cccc(F)c1)c1ccc([N+](=O)[O-])cc1Cl. The van der Waals surface area contributed by atoms with Gasteiger partial charge in [-0.15, -0.1) is 0 Å². The fraction of sp³-hybridized carbons (Fsp3) is 0. The molecule has 112 valence electrons. The van der Waals surface area contributed by atoms with E-state index in [2.05, 4.69) is 10.5 Å². The normalized spacial score (nSPS) is 10.6. The van der Waals surface area contributed by atoms with Gasteiger partial charge in [0.2, 0.25) is 0 Å². The second kappa shape index (κ2) is 6.77. The number of nitrogens with one attached hydrogen (secondary N) is 1. The topological polar surface area (TPSA) is 84.6 Å². The number of carbonyl (C=O) groups excluding carboxylic acids is 1. The van der Waals surface area contributed by atoms with Gasteiger partial charge in [-0.25, -0.2) is 9.82 Å². The summed E-state index contributed by atoms with van der Waals surface area (Å²) in [5, 5.41) is 14.2. The van der Waals surface area contributed by atoms with Gasteiger partial charge in [0.25, 0.3) is 11.6 Å². The molecule has 0 unspecified atom stereocenters. The summed E-state index contributed by atoms with van der Waals surface area (Å²) in [6.45, 7) is 0. The molecule has 1 N–H and O–H groups in total. The Hall–Kier alpha value is -2.80. The van der Waals surface area contributed by atoms with Gasteiger partial charge in [0, 0.05) is 12.1 Å². The molecular weight excluding hydrogens is 313 g/mol. The van der Waals surface area contributed by atoms with Crippen molar-refractivity contribution in [3.8, 4) is 0 Å². The highest BCUT2D eigenvalue weighted by Gasteiger charge is 2.14. The first kappa shape index (κ1) is 15.6. The number of benzene rings is 2. The molecule has 0 saturated carbocycles. The van der Waals surface area contributed by atoms with Crippen molar-refractivity contribution in [2.75, 3.05) is 0 Å². The van der Waals surface area contributed by atoms with Crippen LogP contribution in [0.2, 0.25) is 5.02 Å². The van der Waals surface area contributed by atoms with Gasteiger partial charge in [0.1, 0.15) is 5.82 Å². The fourth-order valence-electron chi connectivity index (χ4n) is 1.61. The largest absolute Gasteiger partial charge is 0.272 e. The molecule has 0 saturated heterocycles. The lowest BCUT2D eigenvalue weighted by molar-refractivity contribution is -0.384. The molecule has 22 heavy (non-hydrogen) atoms. The number of halogens is 2. The number of amides is 1. The van der Waals surface area contributed by atoms with Crippen LogP contribution < -0.4 is 5.43 Å². The average molecular weight is 322 g/mol. The van der Waals surface area contributed by atoms with Crippen molar-refractivity contribution < 1.29 is 14.1 Å². The Bertz CT molecular complexity index is 765. The van der Waals surface area contributed by atoms with Crippen molar-refractivity contribution in [2.24, 2.45) is 5.10 Å². The van der Waals surface area contributed by atoms with E-state index in [1.807, 2.05) is 0 Å². The molecule has 0 spiro atoms. The lowest BCUT2D eigenvalue weighted by Crippen LogP contribution is -2.18. The monoisotopic (exact) mass is 321 g/mol. The lowest BCUT2D eigenvalue weighted by atomic mass is 10.2. The van der Waals surface area contributed by atoms with Crippen LogP contribution in [0.5, 0.6) is 0 Å². The van der Waals surface area contributed by atoms with Crippen LogP contribution in [0.25, 0.3) is 0 Å². The van der Waals surface area contributed by atoms with Gasteiger partial charge in [-0.05, 0) is 23.8 Å². The molecule has 0 aromatic heterocycles. The first-order valence-electron chi connectivity index (χ1n) is 6.00. The number of non-ortho nitro benzene ring substituents is 1. The highest BCUT2D eigenvalue weighted by atomic mass is 35.5. The van der Waals surface area contributed by atoms with Gasteiger partial charge in [-0.1, -0.05) is 23.7 Å². The number of hydrogen-bond acceptors (Lipinski definition) is 4. The molecule has 0 aliphatic carbocycles. The summed E-state index contributed by atoms with van der Waals surface area (Å²) in [4.78, 5) is 21.8. The zero-order chi connectivity index (χ0) is 16.1. The molecule has 0 radical (unpaired) electrons. The van der Waals surface area contributed by atoms with Gasteiger partial charge in [-0.2, -0.15) is 5.10 Å². The number of hydrogen-bond donors (Lipinski definition) is 1. The molecule has 0 heterocycles. The summed E-state index contributed by atoms with van der Waals surface area (Å²) in [5.41, 5.74) is 2.51. The summed E-state index contributed by atoms with van der Waals surface area (Å²) in [7, 11) is 0. The molecule has 6 nitrogen and oxygen atoms in total. The van der Waals surface area contributed by atoms with E-state index in [0.29, 0.717) is 5.56 Å². The van der Waals surface area contributed by atoms with Gasteiger partial charge in [-0.3, -0.25) is 14.9 Å². The van der Waals surface area contributed by atoms with E-state index >= 15 is 0 Å². The van der Waals surface area contributed by atoms with E-state index in [1.54, 1.807) is 6.07 Å². The van der Waals surface area contributed by atoms with E-state index in [9.17, 15) is 19.3 Å². The third-order valence-corrected chi connectivity index (χ3v) is 2.95. The summed E-state index contributed by atoms with van der Waals surface area (Å²) in [6.07, 6.45) is 1.26. The van der Waals surface area contributed by atoms with Crippen LogP contribution in [0, 0.1) is 15.9 Å². The molecule has 2 rings (SSSR count). The van der Waals surface area contributed by atoms with Gasteiger partial charge in [0.15, 0.2) is 0 Å². The smallest absolute Gasteiger partial charge is 0.267 e. The minimum Gasteiger partial charge on any atom is -0.267 e. The second-order valence-corrected chi connectivity index (χ2v) is 4.58. The maximum Gasteiger partial charge on any atom is 0.272 e. The molecule has 1 amide bonds. The number of hydrazone groups is 1. The predicted octanol–water partition coefficient (Wildman–Crippen LogP) is 3.15. The Morgan fingerprint density at radius 3 is 2.73 bits per heavy atom. The summed E-state index contributed by atoms with van der Waals surface area (Å²) >= 11 is 5.82. The Balaban J connectivity index is 2.08. The molecule has 0 atom stereocenters. The van der Waals surface area contributed by atoms with E-state index in [1.165, 1.54) is 30.5 Å². The molecular formula is C14H9ClFN3O3. The van der Waals surface area contributed by atoms with Crippen LogP contribution in [-0.2, 0) is 0 Å². The molecule has 2 aromatic rings. The van der Waals surface area contributed by atoms with Crippen molar-refractivity contribution in [1.29, 1.82) is 0 Å². The van der Waals surface area contributed by atoms with Crippen LogP contribution in [0.4, 0.5) is 10.1 Å². The first-order valence-corrected chi connectivity index (χ1v) is 6.38. The molecule has 0 aliphatic heterocycles. The predicted molar refractivity (Wildman–Crippen MR) is 79.6 cm³/mol. The first-order chi connectivity index (χ1) is 10.5. The zero-order valence-corrected chi connectivity index (χ0v) is 11.7. The van der Waals surface area contributed by atoms with Crippen molar-refractivity contribution in [3.05, 3.63) is 74.5 Å². The van der Waals surface area contributed by atoms with E-state index in [4.69, 9.17) is 11.6 Å². The minimum atomic E-state index is -0.632. The maximum atomic E-state index is 13.0. The quantitative estimate of drug-likeness (QED) is 0.533. The number of nitrogens with zero attached hydrogens (tertiary/aromatic N) is 2. The summed E-state index contributed by atoms with van der Waals surface area (Å²) in [5.74, 6) is -1.05. The van der Waals surface area contributed by atoms with Crippen molar-refractivity contribution in [1.82, 2.24) is 5.43 Å². The van der Waals surface area contributed by atoms with Crippen LogP contribution in [0.15, 0.2) is 47.6 Å². The Morgan fingerprint density at radius 2 is 2.09 bits per heavy atom. The molecule has 0 bridgehead atoms. The maximum absolute atomic E-state index is 13.0. The van der Waals surface area contributed by atoms with Crippen molar-refractivity contribution >= 4 is 29.4 Å². The van der Waals surface area contributed by atoms with E-state index in [0.717, 1.165) is 12.1 Å². The summed E-state index contributed by atoms with van der Waals surface area (Å²) < 4.78 is 13.0. The fourth-order valence-corrected chi connectivity index (χ4v) is 1.87. The van der Waals surface area contributed by atoms with Gasteiger partial charge >= 0.3 is 0 Å². The Labute approximate surface area is 129 Å². The molecule has 0 aliphatic rings. The minimum absolute atomic E-state index is 0.0451. The Morgan fingerprint density at radius 1 is 1.32 bits per heavy atom. The summed E-state index contributed by atoms with van der Waals surface area (Å²) in [6, 6.07) is 9.11. The second-order valence-electron chi connectivity index (χ2n) is 4.18. The van der Waals surface area contributed by atoms with Crippen LogP contribution in [-0.4, -0.2) is 17.0 Å². The lowest BCUT2D eigenvalue weighted by Gasteiger charge is -2.02. The third-order valence-electron chi connectivity index (χ3n) is 2.64. The van der Waals surface area contributed by atoms with Crippen molar-refractivity contribution in [3.63, 3.8) is 0 Å². The number of nitro groups is 1. The van der Waals surface area contributed by atoms with E-state index < -0.39 is 16.6 Å². The van der Waals surface area contributed by atoms with Crippen LogP contribution in [0.1, 0.15) is 15.9 Å². The van der Waals surface area contributed by atoms with Gasteiger partial charge in [0.05, 0.1) is 21.7 Å². The van der Waals surface area contributed by atoms with E-state index in [-0.39, 0.29) is 16.3 Å². The molecule has 0 fully saturated rings. The third kappa shape index (κ3) is 3.86. The average Bonchev–Trinajstić information content (AvgIpc) is 2.47. The molecule has 2 aromatic carbocycles. The number of carbonyl (C=O) groups is 1. The highest BCUT2D eigenvalue weighted by molar-refractivity contribution is 6.34. The zero-order valence-electron chi connectivity index (χ0n) is 11.0. The van der Waals surface area contributed by atoms with Crippen molar-refractivity contribution in [2.45, 2.75) is 0 Å². The number of rotatable bonds is 4. The molecule has 8 heteroatoms.